The van der Waals surface area contributed by atoms with Crippen molar-refractivity contribution in [3.05, 3.63) is 49.2 Å². The Kier molecular flexibility index (Phi) is 4.29. The minimum Gasteiger partial charge on any atom is -0.315 e. The predicted molar refractivity (Wildman–Crippen MR) is 81.7 cm³/mol. The van der Waals surface area contributed by atoms with E-state index >= 15 is 0 Å². The van der Waals surface area contributed by atoms with E-state index in [4.69, 9.17) is 11.6 Å². The fourth-order valence-electron chi connectivity index (χ4n) is 1.82. The zero-order chi connectivity index (χ0) is 15.7. The Balaban J connectivity index is 2.38. The van der Waals surface area contributed by atoms with E-state index in [1.165, 1.54) is 22.9 Å². The maximum atomic E-state index is 12.3. The van der Waals surface area contributed by atoms with E-state index in [0.717, 1.165) is 0 Å². The molecule has 7 nitrogen and oxygen atoms in total. The summed E-state index contributed by atoms with van der Waals surface area (Å²) in [6.45, 7) is 1.74. The van der Waals surface area contributed by atoms with Crippen LogP contribution in [0.4, 0.5) is 11.4 Å². The molecule has 1 aromatic heterocycles. The molecule has 0 fully saturated rings. The smallest absolute Gasteiger partial charge is 0.294 e. The molecule has 0 unspecified atom stereocenters. The van der Waals surface area contributed by atoms with Crippen LogP contribution in [-0.2, 0) is 7.05 Å². The number of carbonyl (C=O) groups is 1. The van der Waals surface area contributed by atoms with E-state index < -0.39 is 10.8 Å². The Morgan fingerprint density at radius 3 is 2.71 bits per heavy atom. The molecule has 0 bridgehead atoms. The van der Waals surface area contributed by atoms with Crippen LogP contribution in [0.5, 0.6) is 0 Å². The first-order valence-electron chi connectivity index (χ1n) is 5.75. The number of nitrogens with one attached hydrogen (secondary N) is 1. The van der Waals surface area contributed by atoms with Gasteiger partial charge in [-0.25, -0.2) is 0 Å². The molecule has 0 saturated heterocycles. The van der Waals surface area contributed by atoms with Gasteiger partial charge in [-0.2, -0.15) is 5.10 Å². The highest BCUT2D eigenvalue weighted by atomic mass is 79.9. The molecule has 2 aromatic rings. The number of aryl methyl sites for hydroxylation is 2. The van der Waals surface area contributed by atoms with Gasteiger partial charge in [0.2, 0.25) is 0 Å². The van der Waals surface area contributed by atoms with Crippen LogP contribution in [0.2, 0.25) is 5.02 Å². The lowest BCUT2D eigenvalue weighted by Gasteiger charge is -2.07. The Hall–Kier alpha value is -1.93. The van der Waals surface area contributed by atoms with E-state index in [9.17, 15) is 14.9 Å². The monoisotopic (exact) mass is 372 g/mol. The molecule has 0 radical (unpaired) electrons. The van der Waals surface area contributed by atoms with Crippen LogP contribution in [0, 0.1) is 17.0 Å². The average Bonchev–Trinajstić information content (AvgIpc) is 2.65. The third-order valence-corrected chi connectivity index (χ3v) is 3.95. The Labute approximate surface area is 133 Å². The van der Waals surface area contributed by atoms with Crippen molar-refractivity contribution in [2.45, 2.75) is 6.92 Å². The van der Waals surface area contributed by atoms with Crippen LogP contribution in [0.15, 0.2) is 22.7 Å². The van der Waals surface area contributed by atoms with Crippen LogP contribution in [0.1, 0.15) is 16.2 Å². The first kappa shape index (κ1) is 15.5. The number of anilines is 1. The third-order valence-electron chi connectivity index (χ3n) is 2.77. The van der Waals surface area contributed by atoms with Crippen molar-refractivity contribution in [3.63, 3.8) is 0 Å². The van der Waals surface area contributed by atoms with Crippen molar-refractivity contribution in [1.82, 2.24) is 9.78 Å². The van der Waals surface area contributed by atoms with Gasteiger partial charge in [0.05, 0.1) is 15.1 Å². The molecule has 2 rings (SSSR count). The molecule has 21 heavy (non-hydrogen) atoms. The fraction of sp³-hybridized carbons (Fsp3) is 0.167. The normalized spacial score (nSPS) is 10.5. The Bertz CT molecular complexity index is 744. The number of hydrogen-bond acceptors (Lipinski definition) is 4. The Morgan fingerprint density at radius 2 is 2.19 bits per heavy atom. The number of benzene rings is 1. The second kappa shape index (κ2) is 5.82. The number of nitro benzene ring substituents is 1. The van der Waals surface area contributed by atoms with E-state index in [1.807, 2.05) is 0 Å². The first-order valence-corrected chi connectivity index (χ1v) is 6.92. The standard InChI is InChI=1S/C12H10BrClN4O3/c1-6-10(13)11(17(2)16-6)12(19)15-8-4-3-7(14)5-9(8)18(20)21/h3-5H,1-2H3,(H,15,19). The molecule has 0 spiro atoms. The highest BCUT2D eigenvalue weighted by molar-refractivity contribution is 9.10. The van der Waals surface area contributed by atoms with Gasteiger partial charge in [-0.05, 0) is 35.0 Å². The molecule has 1 amide bonds. The minimum atomic E-state index is -0.606. The number of carbonyl (C=O) groups excluding carboxylic acids is 1. The molecule has 0 atom stereocenters. The zero-order valence-electron chi connectivity index (χ0n) is 11.1. The van der Waals surface area contributed by atoms with Crippen LogP contribution < -0.4 is 5.32 Å². The maximum Gasteiger partial charge on any atom is 0.294 e. The van der Waals surface area contributed by atoms with Crippen molar-refractivity contribution < 1.29 is 9.72 Å². The molecular weight excluding hydrogens is 364 g/mol. The molecule has 0 saturated carbocycles. The highest BCUT2D eigenvalue weighted by Gasteiger charge is 2.22. The summed E-state index contributed by atoms with van der Waals surface area (Å²) in [5, 5.41) is 17.8. The fourth-order valence-corrected chi connectivity index (χ4v) is 2.50. The van der Waals surface area contributed by atoms with Crippen LogP contribution in [-0.4, -0.2) is 20.6 Å². The van der Waals surface area contributed by atoms with Crippen LogP contribution >= 0.6 is 27.5 Å². The minimum absolute atomic E-state index is 0.0696. The number of nitrogens with zero attached hydrogens (tertiary/aromatic N) is 3. The van der Waals surface area contributed by atoms with Crippen LogP contribution in [0.3, 0.4) is 0 Å². The van der Waals surface area contributed by atoms with Gasteiger partial charge in [-0.15, -0.1) is 0 Å². The van der Waals surface area contributed by atoms with E-state index in [-0.39, 0.29) is 22.1 Å². The number of hydrogen-bond donors (Lipinski definition) is 1. The van der Waals surface area contributed by atoms with Gasteiger partial charge < -0.3 is 5.32 Å². The lowest BCUT2D eigenvalue weighted by Crippen LogP contribution is -2.17. The quantitative estimate of drug-likeness (QED) is 0.660. The number of aromatic nitrogens is 2. The number of rotatable bonds is 3. The summed E-state index contributed by atoms with van der Waals surface area (Å²) >= 11 is 9.00. The summed E-state index contributed by atoms with van der Waals surface area (Å²) in [5.74, 6) is -0.504. The molecule has 9 heteroatoms. The van der Waals surface area contributed by atoms with E-state index in [1.54, 1.807) is 14.0 Å². The topological polar surface area (TPSA) is 90.1 Å². The van der Waals surface area contributed by atoms with Gasteiger partial charge in [0.15, 0.2) is 0 Å². The highest BCUT2D eigenvalue weighted by Crippen LogP contribution is 2.29. The number of halogens is 2. The van der Waals surface area contributed by atoms with Crippen molar-refractivity contribution in [3.8, 4) is 0 Å². The maximum absolute atomic E-state index is 12.3. The van der Waals surface area contributed by atoms with Gasteiger partial charge in [-0.1, -0.05) is 11.6 Å². The van der Waals surface area contributed by atoms with Gasteiger partial charge in [0.1, 0.15) is 11.4 Å². The van der Waals surface area contributed by atoms with E-state index in [2.05, 4.69) is 26.3 Å². The SMILES string of the molecule is Cc1nn(C)c(C(=O)Nc2ccc(Cl)cc2[N+](=O)[O-])c1Br. The van der Waals surface area contributed by atoms with Gasteiger partial charge in [0, 0.05) is 18.1 Å². The number of amides is 1. The van der Waals surface area contributed by atoms with Gasteiger partial charge in [-0.3, -0.25) is 19.6 Å². The molecule has 0 aliphatic rings. The summed E-state index contributed by atoms with van der Waals surface area (Å²) in [5.41, 5.74) is 0.719. The summed E-state index contributed by atoms with van der Waals surface area (Å²) < 4.78 is 1.94. The first-order chi connectivity index (χ1) is 9.81. The summed E-state index contributed by atoms with van der Waals surface area (Å²) in [6, 6.07) is 4.03. The van der Waals surface area contributed by atoms with Crippen molar-refractivity contribution in [2.24, 2.45) is 7.05 Å². The molecule has 1 N–H and O–H groups in total. The lowest BCUT2D eigenvalue weighted by atomic mass is 10.2. The van der Waals surface area contributed by atoms with Crippen LogP contribution in [0.25, 0.3) is 0 Å². The summed E-state index contributed by atoms with van der Waals surface area (Å²) in [7, 11) is 1.61. The lowest BCUT2D eigenvalue weighted by molar-refractivity contribution is -0.383. The van der Waals surface area contributed by atoms with Crippen molar-refractivity contribution in [1.29, 1.82) is 0 Å². The molecule has 0 aliphatic heterocycles. The third kappa shape index (κ3) is 3.06. The van der Waals surface area contributed by atoms with Crippen molar-refractivity contribution >= 4 is 44.8 Å². The average molecular weight is 374 g/mol. The molecule has 1 heterocycles. The van der Waals surface area contributed by atoms with Gasteiger partial charge >= 0.3 is 0 Å². The molecule has 0 aliphatic carbocycles. The predicted octanol–water partition coefficient (Wildman–Crippen LogP) is 3.30. The second-order valence-electron chi connectivity index (χ2n) is 4.24. The molecule has 110 valence electrons. The van der Waals surface area contributed by atoms with Gasteiger partial charge in [0.25, 0.3) is 11.6 Å². The second-order valence-corrected chi connectivity index (χ2v) is 5.47. The van der Waals surface area contributed by atoms with Crippen molar-refractivity contribution in [2.75, 3.05) is 5.32 Å². The summed E-state index contributed by atoms with van der Waals surface area (Å²) in [6.07, 6.45) is 0. The molecular formula is C12H10BrClN4O3. The molecule has 1 aromatic carbocycles. The summed E-state index contributed by atoms with van der Waals surface area (Å²) in [4.78, 5) is 22.7. The number of nitro groups is 1. The Morgan fingerprint density at radius 1 is 1.52 bits per heavy atom. The van der Waals surface area contributed by atoms with E-state index in [0.29, 0.717) is 10.2 Å². The zero-order valence-corrected chi connectivity index (χ0v) is 13.4. The largest absolute Gasteiger partial charge is 0.315 e.